The molecule has 0 amide bonds. The molecular weight excluding hydrogens is 252 g/mol. The molecule has 4 nitrogen and oxygen atoms in total. The molecule has 4 heteroatoms. The first kappa shape index (κ1) is 16.2. The van der Waals surface area contributed by atoms with Crippen molar-refractivity contribution in [2.24, 2.45) is 5.41 Å². The van der Waals surface area contributed by atoms with E-state index in [4.69, 9.17) is 9.47 Å². The monoisotopic (exact) mass is 284 g/mol. The van der Waals surface area contributed by atoms with Crippen LogP contribution in [-0.4, -0.2) is 64.1 Å². The van der Waals surface area contributed by atoms with E-state index in [2.05, 4.69) is 17.1 Å². The number of hydrogen-bond donors (Lipinski definition) is 1. The van der Waals surface area contributed by atoms with Gasteiger partial charge in [0, 0.05) is 46.5 Å². The van der Waals surface area contributed by atoms with Crippen LogP contribution in [0, 0.1) is 5.41 Å². The first-order valence-electron chi connectivity index (χ1n) is 8.31. The lowest BCUT2D eigenvalue weighted by atomic mass is 9.79. The Labute approximate surface area is 124 Å². The molecule has 0 aliphatic carbocycles. The molecule has 0 atom stereocenters. The Balaban J connectivity index is 1.83. The Kier molecular flexibility index (Phi) is 6.75. The van der Waals surface area contributed by atoms with Crippen molar-refractivity contribution in [1.82, 2.24) is 10.2 Å². The number of hydrogen-bond acceptors (Lipinski definition) is 4. The van der Waals surface area contributed by atoms with Crippen LogP contribution in [0.3, 0.4) is 0 Å². The summed E-state index contributed by atoms with van der Waals surface area (Å²) in [5.74, 6) is 0. The van der Waals surface area contributed by atoms with Crippen LogP contribution in [0.25, 0.3) is 0 Å². The van der Waals surface area contributed by atoms with Crippen LogP contribution >= 0.6 is 0 Å². The molecule has 2 heterocycles. The Bertz CT molecular complexity index is 259. The normalized spacial score (nSPS) is 24.9. The molecule has 1 N–H and O–H groups in total. The number of methoxy groups -OCH3 is 1. The molecule has 2 aliphatic rings. The van der Waals surface area contributed by atoms with E-state index in [0.29, 0.717) is 11.5 Å². The van der Waals surface area contributed by atoms with Gasteiger partial charge in [-0.2, -0.15) is 0 Å². The highest BCUT2D eigenvalue weighted by Gasteiger charge is 2.35. The number of rotatable bonds is 7. The average molecular weight is 284 g/mol. The van der Waals surface area contributed by atoms with Crippen molar-refractivity contribution >= 4 is 0 Å². The Morgan fingerprint density at radius 2 is 1.95 bits per heavy atom. The minimum atomic E-state index is 0.424. The standard InChI is InChI=1S/C16H32N2O2/c1-3-8-17-13-16(6-11-20-12-7-16)14-18-9-4-15(19-2)5-10-18/h15,17H,3-14H2,1-2H3. The van der Waals surface area contributed by atoms with Gasteiger partial charge in [0.25, 0.3) is 0 Å². The molecule has 0 bridgehead atoms. The zero-order chi connectivity index (χ0) is 14.3. The Morgan fingerprint density at radius 3 is 2.55 bits per heavy atom. The van der Waals surface area contributed by atoms with Gasteiger partial charge in [0.1, 0.15) is 0 Å². The number of piperidine rings is 1. The topological polar surface area (TPSA) is 33.7 Å². The summed E-state index contributed by atoms with van der Waals surface area (Å²) in [5, 5.41) is 3.65. The molecule has 0 unspecified atom stereocenters. The van der Waals surface area contributed by atoms with Crippen LogP contribution < -0.4 is 5.32 Å². The van der Waals surface area contributed by atoms with E-state index >= 15 is 0 Å². The van der Waals surface area contributed by atoms with E-state index in [1.807, 2.05) is 7.11 Å². The SMILES string of the molecule is CCCNCC1(CN2CCC(OC)CC2)CCOCC1. The smallest absolute Gasteiger partial charge is 0.0595 e. The summed E-state index contributed by atoms with van der Waals surface area (Å²) in [4.78, 5) is 2.65. The summed E-state index contributed by atoms with van der Waals surface area (Å²) in [7, 11) is 1.84. The fraction of sp³-hybridized carbons (Fsp3) is 1.00. The summed E-state index contributed by atoms with van der Waals surface area (Å²) in [5.41, 5.74) is 0.424. The van der Waals surface area contributed by atoms with Gasteiger partial charge >= 0.3 is 0 Å². The molecule has 0 radical (unpaired) electrons. The van der Waals surface area contributed by atoms with Crippen LogP contribution in [0.1, 0.15) is 39.0 Å². The van der Waals surface area contributed by atoms with E-state index in [0.717, 1.165) is 26.3 Å². The van der Waals surface area contributed by atoms with Crippen molar-refractivity contribution in [3.63, 3.8) is 0 Å². The molecule has 118 valence electrons. The van der Waals surface area contributed by atoms with Gasteiger partial charge in [-0.15, -0.1) is 0 Å². The lowest BCUT2D eigenvalue weighted by Gasteiger charge is -2.43. The third-order valence-corrected chi connectivity index (χ3v) is 4.91. The predicted octanol–water partition coefficient (Wildman–Crippen LogP) is 1.89. The second-order valence-electron chi connectivity index (χ2n) is 6.50. The quantitative estimate of drug-likeness (QED) is 0.724. The summed E-state index contributed by atoms with van der Waals surface area (Å²) in [6, 6.07) is 0. The zero-order valence-corrected chi connectivity index (χ0v) is 13.3. The van der Waals surface area contributed by atoms with Crippen molar-refractivity contribution in [2.45, 2.75) is 45.1 Å². The van der Waals surface area contributed by atoms with Crippen molar-refractivity contribution in [1.29, 1.82) is 0 Å². The first-order chi connectivity index (χ1) is 9.78. The second-order valence-corrected chi connectivity index (χ2v) is 6.50. The lowest BCUT2D eigenvalue weighted by molar-refractivity contribution is -0.0206. The predicted molar refractivity (Wildman–Crippen MR) is 82.1 cm³/mol. The van der Waals surface area contributed by atoms with Crippen molar-refractivity contribution < 1.29 is 9.47 Å². The maximum atomic E-state index is 5.59. The minimum absolute atomic E-state index is 0.424. The summed E-state index contributed by atoms with van der Waals surface area (Å²) < 4.78 is 11.1. The minimum Gasteiger partial charge on any atom is -0.381 e. The highest BCUT2D eigenvalue weighted by atomic mass is 16.5. The van der Waals surface area contributed by atoms with Crippen molar-refractivity contribution in [3.8, 4) is 0 Å². The van der Waals surface area contributed by atoms with Crippen LogP contribution in [0.5, 0.6) is 0 Å². The lowest BCUT2D eigenvalue weighted by Crippen LogP contribution is -2.49. The summed E-state index contributed by atoms with van der Waals surface area (Å²) >= 11 is 0. The van der Waals surface area contributed by atoms with Gasteiger partial charge in [-0.1, -0.05) is 6.92 Å². The van der Waals surface area contributed by atoms with Gasteiger partial charge in [0.15, 0.2) is 0 Å². The number of nitrogens with one attached hydrogen (secondary N) is 1. The molecule has 0 aromatic heterocycles. The van der Waals surface area contributed by atoms with Crippen LogP contribution in [0.2, 0.25) is 0 Å². The fourth-order valence-electron chi connectivity index (χ4n) is 3.50. The zero-order valence-electron chi connectivity index (χ0n) is 13.3. The number of ether oxygens (including phenoxy) is 2. The molecular formula is C16H32N2O2. The first-order valence-corrected chi connectivity index (χ1v) is 8.31. The maximum Gasteiger partial charge on any atom is 0.0595 e. The molecule has 0 aromatic carbocycles. The van der Waals surface area contributed by atoms with E-state index in [9.17, 15) is 0 Å². The average Bonchev–Trinajstić information content (AvgIpc) is 2.49. The maximum absolute atomic E-state index is 5.59. The highest BCUT2D eigenvalue weighted by molar-refractivity contribution is 4.88. The molecule has 0 spiro atoms. The van der Waals surface area contributed by atoms with Crippen LogP contribution in [0.4, 0.5) is 0 Å². The molecule has 2 aliphatic heterocycles. The van der Waals surface area contributed by atoms with E-state index in [1.54, 1.807) is 0 Å². The fourth-order valence-corrected chi connectivity index (χ4v) is 3.50. The molecule has 2 saturated heterocycles. The molecule has 2 fully saturated rings. The van der Waals surface area contributed by atoms with Gasteiger partial charge < -0.3 is 19.7 Å². The van der Waals surface area contributed by atoms with Crippen molar-refractivity contribution in [2.75, 3.05) is 53.0 Å². The number of likely N-dealkylation sites (tertiary alicyclic amines) is 1. The van der Waals surface area contributed by atoms with Gasteiger partial charge in [0.2, 0.25) is 0 Å². The largest absolute Gasteiger partial charge is 0.381 e. The highest BCUT2D eigenvalue weighted by Crippen LogP contribution is 2.32. The third kappa shape index (κ3) is 4.69. The van der Waals surface area contributed by atoms with E-state index < -0.39 is 0 Å². The third-order valence-electron chi connectivity index (χ3n) is 4.91. The van der Waals surface area contributed by atoms with Gasteiger partial charge in [-0.25, -0.2) is 0 Å². The summed E-state index contributed by atoms with van der Waals surface area (Å²) in [6.45, 7) is 9.99. The van der Waals surface area contributed by atoms with Gasteiger partial charge in [-0.3, -0.25) is 0 Å². The second kappa shape index (κ2) is 8.32. The van der Waals surface area contributed by atoms with E-state index in [1.165, 1.54) is 51.7 Å². The molecule has 2 rings (SSSR count). The Morgan fingerprint density at radius 1 is 1.25 bits per heavy atom. The molecule has 0 aromatic rings. The van der Waals surface area contributed by atoms with E-state index in [-0.39, 0.29) is 0 Å². The molecule has 0 saturated carbocycles. The van der Waals surface area contributed by atoms with Crippen molar-refractivity contribution in [3.05, 3.63) is 0 Å². The van der Waals surface area contributed by atoms with Crippen LogP contribution in [0.15, 0.2) is 0 Å². The van der Waals surface area contributed by atoms with Gasteiger partial charge in [0.05, 0.1) is 6.10 Å². The van der Waals surface area contributed by atoms with Gasteiger partial charge in [-0.05, 0) is 44.1 Å². The number of nitrogens with zero attached hydrogens (tertiary/aromatic N) is 1. The Hall–Kier alpha value is -0.160. The molecule has 20 heavy (non-hydrogen) atoms. The van der Waals surface area contributed by atoms with Crippen LogP contribution in [-0.2, 0) is 9.47 Å². The summed E-state index contributed by atoms with van der Waals surface area (Å²) in [6.07, 6.45) is 6.47.